The predicted octanol–water partition coefficient (Wildman–Crippen LogP) is 3.90. The molecule has 1 aromatic carbocycles. The number of rotatable bonds is 6. The number of carbonyl (C=O) groups excluding carboxylic acids is 1. The molecule has 1 aliphatic heterocycles. The maximum Gasteiger partial charge on any atom is 0.263 e. The molecule has 116 valence electrons. The summed E-state index contributed by atoms with van der Waals surface area (Å²) in [5.41, 5.74) is 0.823. The van der Waals surface area contributed by atoms with Gasteiger partial charge in [-0.2, -0.15) is 0 Å². The molecule has 1 amide bonds. The van der Waals surface area contributed by atoms with Gasteiger partial charge in [0.1, 0.15) is 10.9 Å². The molecule has 0 aromatic heterocycles. The van der Waals surface area contributed by atoms with Crippen LogP contribution in [0.1, 0.15) is 12.5 Å². The minimum absolute atomic E-state index is 0.184. The normalized spacial score (nSPS) is 15.8. The largest absolute Gasteiger partial charge is 0.490 e. The molecule has 0 bridgehead atoms. The number of benzene rings is 1. The van der Waals surface area contributed by atoms with E-state index in [2.05, 4.69) is 27.8 Å². The number of ether oxygens (including phenoxy) is 2. The van der Waals surface area contributed by atoms with Gasteiger partial charge in [0.15, 0.2) is 11.5 Å². The molecule has 1 saturated heterocycles. The van der Waals surface area contributed by atoms with E-state index in [1.54, 1.807) is 12.2 Å². The van der Waals surface area contributed by atoms with Gasteiger partial charge in [0, 0.05) is 0 Å². The van der Waals surface area contributed by atoms with E-state index in [0.717, 1.165) is 10.0 Å². The van der Waals surface area contributed by atoms with Crippen LogP contribution >= 0.6 is 39.9 Å². The SMILES string of the molecule is C=CCOc1c(Br)cc(C=C2SC(=S)NC2=O)cc1OCC. The molecule has 0 atom stereocenters. The van der Waals surface area contributed by atoms with Gasteiger partial charge >= 0.3 is 0 Å². The lowest BCUT2D eigenvalue weighted by atomic mass is 10.2. The number of carbonyl (C=O) groups is 1. The average Bonchev–Trinajstić information content (AvgIpc) is 2.76. The zero-order chi connectivity index (χ0) is 16.1. The van der Waals surface area contributed by atoms with Crippen molar-refractivity contribution < 1.29 is 14.3 Å². The third kappa shape index (κ3) is 4.12. The summed E-state index contributed by atoms with van der Waals surface area (Å²) in [6, 6.07) is 3.69. The number of nitrogens with one attached hydrogen (secondary N) is 1. The summed E-state index contributed by atoms with van der Waals surface area (Å²) in [5.74, 6) is 1.04. The molecular weight excluding hydrogens is 386 g/mol. The molecule has 7 heteroatoms. The molecule has 1 heterocycles. The number of hydrogen-bond acceptors (Lipinski definition) is 5. The van der Waals surface area contributed by atoms with Crippen molar-refractivity contribution in [2.45, 2.75) is 6.92 Å². The van der Waals surface area contributed by atoms with Crippen LogP contribution in [-0.4, -0.2) is 23.4 Å². The Morgan fingerprint density at radius 1 is 1.45 bits per heavy atom. The van der Waals surface area contributed by atoms with Crippen LogP contribution in [0.15, 0.2) is 34.2 Å². The Kier molecular flexibility index (Phi) is 6.05. The molecule has 1 N–H and O–H groups in total. The summed E-state index contributed by atoms with van der Waals surface area (Å²) < 4.78 is 12.4. The van der Waals surface area contributed by atoms with Crippen LogP contribution in [-0.2, 0) is 4.79 Å². The fourth-order valence-electron chi connectivity index (χ4n) is 1.79. The van der Waals surface area contributed by atoms with Gasteiger partial charge in [0.2, 0.25) is 0 Å². The van der Waals surface area contributed by atoms with Gasteiger partial charge in [-0.05, 0) is 46.6 Å². The second-order valence-electron chi connectivity index (χ2n) is 4.21. The maximum atomic E-state index is 11.7. The van der Waals surface area contributed by atoms with E-state index in [-0.39, 0.29) is 5.91 Å². The zero-order valence-electron chi connectivity index (χ0n) is 11.8. The molecular formula is C15H14BrNO3S2. The van der Waals surface area contributed by atoms with Gasteiger partial charge in [-0.15, -0.1) is 0 Å². The van der Waals surface area contributed by atoms with Gasteiger partial charge < -0.3 is 14.8 Å². The first-order chi connectivity index (χ1) is 10.5. The second kappa shape index (κ2) is 7.80. The zero-order valence-corrected chi connectivity index (χ0v) is 15.1. The van der Waals surface area contributed by atoms with Gasteiger partial charge in [0.05, 0.1) is 16.0 Å². The van der Waals surface area contributed by atoms with E-state index in [9.17, 15) is 4.79 Å². The van der Waals surface area contributed by atoms with Crippen LogP contribution in [0.4, 0.5) is 0 Å². The van der Waals surface area contributed by atoms with E-state index in [1.165, 1.54) is 11.8 Å². The Labute approximate surface area is 147 Å². The van der Waals surface area contributed by atoms with E-state index >= 15 is 0 Å². The average molecular weight is 400 g/mol. The smallest absolute Gasteiger partial charge is 0.263 e. The molecule has 1 aromatic rings. The van der Waals surface area contributed by atoms with Crippen molar-refractivity contribution in [3.8, 4) is 11.5 Å². The summed E-state index contributed by atoms with van der Waals surface area (Å²) in [5, 5.41) is 2.59. The molecule has 0 unspecified atom stereocenters. The molecule has 0 aliphatic carbocycles. The first kappa shape index (κ1) is 17.1. The standard InChI is InChI=1S/C15H14BrNO3S2/c1-3-5-20-13-10(16)6-9(7-11(13)19-4-2)8-12-14(18)17-15(21)22-12/h3,6-8H,1,4-5H2,2H3,(H,17,18,21). The lowest BCUT2D eigenvalue weighted by molar-refractivity contribution is -0.115. The lowest BCUT2D eigenvalue weighted by Crippen LogP contribution is -2.17. The van der Waals surface area contributed by atoms with E-state index in [4.69, 9.17) is 21.7 Å². The fourth-order valence-corrected chi connectivity index (χ4v) is 3.41. The maximum absolute atomic E-state index is 11.7. The number of hydrogen-bond donors (Lipinski definition) is 1. The van der Waals surface area contributed by atoms with Crippen LogP contribution in [0, 0.1) is 0 Å². The van der Waals surface area contributed by atoms with E-state index in [0.29, 0.717) is 33.9 Å². The van der Waals surface area contributed by atoms with Crippen molar-refractivity contribution in [3.05, 3.63) is 39.7 Å². The van der Waals surface area contributed by atoms with E-state index in [1.807, 2.05) is 19.1 Å². The lowest BCUT2D eigenvalue weighted by Gasteiger charge is -2.13. The molecule has 0 radical (unpaired) electrons. The topological polar surface area (TPSA) is 47.6 Å². The molecule has 0 saturated carbocycles. The number of thiocarbonyl (C=S) groups is 1. The fraction of sp³-hybridized carbons (Fsp3) is 0.200. The minimum Gasteiger partial charge on any atom is -0.490 e. The Morgan fingerprint density at radius 3 is 2.82 bits per heavy atom. The van der Waals surface area contributed by atoms with E-state index < -0.39 is 0 Å². The van der Waals surface area contributed by atoms with Crippen molar-refractivity contribution in [2.24, 2.45) is 0 Å². The Bertz CT molecular complexity index is 658. The predicted molar refractivity (Wildman–Crippen MR) is 97.3 cm³/mol. The number of thioether (sulfide) groups is 1. The van der Waals surface area contributed by atoms with Crippen LogP contribution in [0.5, 0.6) is 11.5 Å². The van der Waals surface area contributed by atoms with Crippen LogP contribution in [0.3, 0.4) is 0 Å². The first-order valence-corrected chi connectivity index (χ1v) is 8.51. The quantitative estimate of drug-likeness (QED) is 0.446. The van der Waals surface area contributed by atoms with Crippen molar-refractivity contribution in [1.82, 2.24) is 5.32 Å². The summed E-state index contributed by atoms with van der Waals surface area (Å²) >= 11 is 9.69. The van der Waals surface area contributed by atoms with Crippen molar-refractivity contribution >= 4 is 56.2 Å². The molecule has 22 heavy (non-hydrogen) atoms. The summed E-state index contributed by atoms with van der Waals surface area (Å²) in [6.45, 7) is 6.42. The minimum atomic E-state index is -0.184. The molecule has 0 spiro atoms. The van der Waals surface area contributed by atoms with Crippen molar-refractivity contribution in [1.29, 1.82) is 0 Å². The highest BCUT2D eigenvalue weighted by Crippen LogP contribution is 2.38. The molecule has 1 aliphatic rings. The highest BCUT2D eigenvalue weighted by atomic mass is 79.9. The van der Waals surface area contributed by atoms with Crippen LogP contribution in [0.25, 0.3) is 6.08 Å². The first-order valence-electron chi connectivity index (χ1n) is 6.50. The van der Waals surface area contributed by atoms with Crippen molar-refractivity contribution in [2.75, 3.05) is 13.2 Å². The summed E-state index contributed by atoms with van der Waals surface area (Å²) in [4.78, 5) is 12.3. The monoisotopic (exact) mass is 399 g/mol. The van der Waals surface area contributed by atoms with Gasteiger partial charge in [-0.25, -0.2) is 0 Å². The van der Waals surface area contributed by atoms with Crippen LogP contribution in [0.2, 0.25) is 0 Å². The molecule has 2 rings (SSSR count). The van der Waals surface area contributed by atoms with Crippen LogP contribution < -0.4 is 14.8 Å². The Hall–Kier alpha value is -1.31. The highest BCUT2D eigenvalue weighted by molar-refractivity contribution is 9.10. The third-order valence-corrected chi connectivity index (χ3v) is 4.37. The summed E-state index contributed by atoms with van der Waals surface area (Å²) in [6.07, 6.45) is 3.43. The molecule has 4 nitrogen and oxygen atoms in total. The molecule has 1 fully saturated rings. The summed E-state index contributed by atoms with van der Waals surface area (Å²) in [7, 11) is 0. The van der Waals surface area contributed by atoms with Gasteiger partial charge in [-0.1, -0.05) is 36.6 Å². The van der Waals surface area contributed by atoms with Crippen molar-refractivity contribution in [3.63, 3.8) is 0 Å². The highest BCUT2D eigenvalue weighted by Gasteiger charge is 2.22. The van der Waals surface area contributed by atoms with Gasteiger partial charge in [0.25, 0.3) is 5.91 Å². The number of amides is 1. The second-order valence-corrected chi connectivity index (χ2v) is 6.79. The Morgan fingerprint density at radius 2 is 2.23 bits per heavy atom. The third-order valence-electron chi connectivity index (χ3n) is 2.62. The van der Waals surface area contributed by atoms with Gasteiger partial charge in [-0.3, -0.25) is 4.79 Å². The Balaban J connectivity index is 2.37. The number of halogens is 1.